The van der Waals surface area contributed by atoms with Crippen LogP contribution in [-0.2, 0) is 4.79 Å². The van der Waals surface area contributed by atoms with Crippen LogP contribution >= 0.6 is 0 Å². The highest BCUT2D eigenvalue weighted by Gasteiger charge is 1.99. The first-order chi connectivity index (χ1) is 8.27. The summed E-state index contributed by atoms with van der Waals surface area (Å²) in [6, 6.07) is 7.66. The Kier molecular flexibility index (Phi) is 5.86. The molecule has 92 valence electrons. The van der Waals surface area contributed by atoms with Crippen molar-refractivity contribution in [1.29, 1.82) is 0 Å². The Bertz CT molecular complexity index is 386. The van der Waals surface area contributed by atoms with Crippen LogP contribution in [0.25, 0.3) is 6.08 Å². The largest absolute Gasteiger partial charge is 0.493 e. The van der Waals surface area contributed by atoms with E-state index in [-0.39, 0.29) is 5.91 Å². The molecule has 1 rings (SSSR count). The van der Waals surface area contributed by atoms with Crippen LogP contribution in [0.1, 0.15) is 25.8 Å². The molecular weight excluding hydrogens is 214 g/mol. The molecule has 0 atom stereocenters. The number of para-hydroxylation sites is 1. The van der Waals surface area contributed by atoms with Crippen molar-refractivity contribution < 1.29 is 9.53 Å². The Balaban J connectivity index is 2.66. The monoisotopic (exact) mass is 233 g/mol. The third-order valence-corrected chi connectivity index (χ3v) is 2.18. The number of carbonyl (C=O) groups is 1. The Hall–Kier alpha value is -1.77. The van der Waals surface area contributed by atoms with Gasteiger partial charge in [0.05, 0.1) is 6.61 Å². The summed E-state index contributed by atoms with van der Waals surface area (Å²) in [5, 5.41) is 2.79. The number of ether oxygens (including phenoxy) is 1. The number of nitrogens with one attached hydrogen (secondary N) is 1. The van der Waals surface area contributed by atoms with Gasteiger partial charge in [-0.2, -0.15) is 0 Å². The van der Waals surface area contributed by atoms with Crippen molar-refractivity contribution >= 4 is 12.0 Å². The molecule has 0 aromatic heterocycles. The second kappa shape index (κ2) is 7.49. The molecule has 0 radical (unpaired) electrons. The van der Waals surface area contributed by atoms with Crippen molar-refractivity contribution in [3.63, 3.8) is 0 Å². The lowest BCUT2D eigenvalue weighted by atomic mass is 10.2. The fourth-order valence-corrected chi connectivity index (χ4v) is 1.38. The highest BCUT2D eigenvalue weighted by atomic mass is 16.5. The molecule has 0 saturated carbocycles. The molecule has 0 bridgehead atoms. The molecular formula is C14H19NO2. The van der Waals surface area contributed by atoms with Crippen LogP contribution in [0.2, 0.25) is 0 Å². The Morgan fingerprint density at radius 1 is 1.35 bits per heavy atom. The van der Waals surface area contributed by atoms with Gasteiger partial charge in [0.2, 0.25) is 5.91 Å². The van der Waals surface area contributed by atoms with E-state index in [9.17, 15) is 4.79 Å². The molecule has 1 amide bonds. The normalized spacial score (nSPS) is 10.5. The van der Waals surface area contributed by atoms with E-state index in [1.54, 1.807) is 6.08 Å². The molecule has 0 saturated heterocycles. The smallest absolute Gasteiger partial charge is 0.244 e. The first kappa shape index (κ1) is 13.3. The van der Waals surface area contributed by atoms with Crippen molar-refractivity contribution in [3.05, 3.63) is 35.9 Å². The van der Waals surface area contributed by atoms with Crippen molar-refractivity contribution in [2.24, 2.45) is 0 Å². The van der Waals surface area contributed by atoms with Crippen molar-refractivity contribution in [1.82, 2.24) is 5.32 Å². The summed E-state index contributed by atoms with van der Waals surface area (Å²) in [6.07, 6.45) is 4.25. The Morgan fingerprint density at radius 2 is 2.12 bits per heavy atom. The van der Waals surface area contributed by atoms with E-state index < -0.39 is 0 Å². The summed E-state index contributed by atoms with van der Waals surface area (Å²) in [7, 11) is 0. The number of hydrogen-bond acceptors (Lipinski definition) is 2. The Labute approximate surface area is 102 Å². The van der Waals surface area contributed by atoms with Gasteiger partial charge in [-0.1, -0.05) is 25.1 Å². The minimum absolute atomic E-state index is 0.0712. The van der Waals surface area contributed by atoms with Gasteiger partial charge in [-0.05, 0) is 25.5 Å². The van der Waals surface area contributed by atoms with Gasteiger partial charge in [-0.25, -0.2) is 0 Å². The van der Waals surface area contributed by atoms with Crippen molar-refractivity contribution in [2.45, 2.75) is 20.3 Å². The van der Waals surface area contributed by atoms with Crippen LogP contribution in [0, 0.1) is 0 Å². The molecule has 0 aliphatic heterocycles. The average molecular weight is 233 g/mol. The van der Waals surface area contributed by atoms with Gasteiger partial charge in [-0.15, -0.1) is 0 Å². The second-order valence-electron chi connectivity index (χ2n) is 3.60. The quantitative estimate of drug-likeness (QED) is 0.767. The van der Waals surface area contributed by atoms with Gasteiger partial charge in [0, 0.05) is 18.2 Å². The summed E-state index contributed by atoms with van der Waals surface area (Å²) >= 11 is 0. The predicted octanol–water partition coefficient (Wildman–Crippen LogP) is 2.62. The first-order valence-electron chi connectivity index (χ1n) is 5.95. The molecule has 0 spiro atoms. The van der Waals surface area contributed by atoms with E-state index in [2.05, 4.69) is 5.32 Å². The zero-order valence-corrected chi connectivity index (χ0v) is 10.4. The summed E-state index contributed by atoms with van der Waals surface area (Å²) in [6.45, 7) is 5.28. The third-order valence-electron chi connectivity index (χ3n) is 2.18. The molecule has 1 aromatic rings. The van der Waals surface area contributed by atoms with Crippen LogP contribution in [0.15, 0.2) is 30.3 Å². The Morgan fingerprint density at radius 3 is 2.82 bits per heavy atom. The molecule has 3 heteroatoms. The van der Waals surface area contributed by atoms with Gasteiger partial charge >= 0.3 is 0 Å². The molecule has 1 N–H and O–H groups in total. The van der Waals surface area contributed by atoms with E-state index in [1.165, 1.54) is 6.08 Å². The lowest BCUT2D eigenvalue weighted by Gasteiger charge is -2.06. The maximum atomic E-state index is 11.4. The molecule has 0 unspecified atom stereocenters. The zero-order valence-electron chi connectivity index (χ0n) is 10.4. The number of rotatable bonds is 6. The highest BCUT2D eigenvalue weighted by Crippen LogP contribution is 2.19. The predicted molar refractivity (Wildman–Crippen MR) is 69.9 cm³/mol. The number of amides is 1. The minimum Gasteiger partial charge on any atom is -0.493 e. The van der Waals surface area contributed by atoms with Crippen LogP contribution in [-0.4, -0.2) is 19.1 Å². The van der Waals surface area contributed by atoms with E-state index in [1.807, 2.05) is 38.1 Å². The summed E-state index contributed by atoms with van der Waals surface area (Å²) in [4.78, 5) is 11.4. The summed E-state index contributed by atoms with van der Waals surface area (Å²) in [5.41, 5.74) is 0.918. The molecule has 1 aromatic carbocycles. The van der Waals surface area contributed by atoms with Gasteiger partial charge in [0.15, 0.2) is 0 Å². The van der Waals surface area contributed by atoms with Crippen LogP contribution in [0.5, 0.6) is 5.75 Å². The van der Waals surface area contributed by atoms with Gasteiger partial charge < -0.3 is 10.1 Å². The maximum absolute atomic E-state index is 11.4. The van der Waals surface area contributed by atoms with E-state index >= 15 is 0 Å². The molecule has 0 aliphatic carbocycles. The minimum atomic E-state index is -0.0712. The molecule has 0 heterocycles. The molecule has 0 aliphatic rings. The van der Waals surface area contributed by atoms with Gasteiger partial charge in [0.1, 0.15) is 5.75 Å². The summed E-state index contributed by atoms with van der Waals surface area (Å²) < 4.78 is 5.47. The van der Waals surface area contributed by atoms with Crippen molar-refractivity contribution in [2.75, 3.05) is 13.2 Å². The van der Waals surface area contributed by atoms with Crippen LogP contribution < -0.4 is 10.1 Å². The molecule has 0 fully saturated rings. The average Bonchev–Trinajstić information content (AvgIpc) is 2.35. The first-order valence-corrected chi connectivity index (χ1v) is 5.95. The van der Waals surface area contributed by atoms with Crippen LogP contribution in [0.3, 0.4) is 0 Å². The lowest BCUT2D eigenvalue weighted by Crippen LogP contribution is -2.21. The highest BCUT2D eigenvalue weighted by molar-refractivity contribution is 5.92. The van der Waals surface area contributed by atoms with Crippen LogP contribution in [0.4, 0.5) is 0 Å². The van der Waals surface area contributed by atoms with Crippen molar-refractivity contribution in [3.8, 4) is 5.75 Å². The topological polar surface area (TPSA) is 38.3 Å². The zero-order chi connectivity index (χ0) is 12.5. The van der Waals surface area contributed by atoms with E-state index in [4.69, 9.17) is 4.74 Å². The summed E-state index contributed by atoms with van der Waals surface area (Å²) in [5.74, 6) is 0.729. The second-order valence-corrected chi connectivity index (χ2v) is 3.60. The lowest BCUT2D eigenvalue weighted by molar-refractivity contribution is -0.116. The molecule has 3 nitrogen and oxygen atoms in total. The van der Waals surface area contributed by atoms with E-state index in [0.29, 0.717) is 13.2 Å². The fraction of sp³-hybridized carbons (Fsp3) is 0.357. The number of carbonyl (C=O) groups excluding carboxylic acids is 1. The third kappa shape index (κ3) is 4.72. The van der Waals surface area contributed by atoms with Gasteiger partial charge in [0.25, 0.3) is 0 Å². The SMILES string of the molecule is CCCNC(=O)/C=C/c1ccccc1OCC. The molecule has 17 heavy (non-hydrogen) atoms. The number of benzene rings is 1. The fourth-order valence-electron chi connectivity index (χ4n) is 1.38. The van der Waals surface area contributed by atoms with Gasteiger partial charge in [-0.3, -0.25) is 4.79 Å². The number of hydrogen-bond donors (Lipinski definition) is 1. The maximum Gasteiger partial charge on any atom is 0.244 e. The standard InChI is InChI=1S/C14H19NO2/c1-3-11-15-14(16)10-9-12-7-5-6-8-13(12)17-4-2/h5-10H,3-4,11H2,1-2H3,(H,15,16)/b10-9+. The van der Waals surface area contributed by atoms with E-state index in [0.717, 1.165) is 17.7 Å².